The molecule has 0 bridgehead atoms. The van der Waals surface area contributed by atoms with Crippen molar-refractivity contribution in [3.05, 3.63) is 112 Å². The first-order valence-corrected chi connectivity index (χ1v) is 13.8. The monoisotopic (exact) mass is 588 g/mol. The number of aromatic nitrogens is 3. The standard InChI is InChI=1S/C32H28F4N6O/c1-40-14-16-41(17-15-40)23-12-10-22(11-13-23)38-31-37-18-24-29(39-31)25(21-6-3-2-4-7-21)19-42(30(24)43)20-26-27(32(34,35)36)8-5-9-28(26)33/h2-13,18-19H,14-17,20H2,1H3,(H,37,38,39). The average molecular weight is 589 g/mol. The van der Waals surface area contributed by atoms with Gasteiger partial charge in [0.25, 0.3) is 5.56 Å². The lowest BCUT2D eigenvalue weighted by molar-refractivity contribution is -0.138. The van der Waals surface area contributed by atoms with Gasteiger partial charge in [-0.25, -0.2) is 14.4 Å². The minimum absolute atomic E-state index is 0.0993. The number of hydrogen-bond acceptors (Lipinski definition) is 6. The van der Waals surface area contributed by atoms with Gasteiger partial charge in [-0.1, -0.05) is 36.4 Å². The third kappa shape index (κ3) is 5.94. The molecule has 0 saturated carbocycles. The summed E-state index contributed by atoms with van der Waals surface area (Å²) >= 11 is 0. The van der Waals surface area contributed by atoms with Crippen LogP contribution in [0.4, 0.5) is 34.9 Å². The summed E-state index contributed by atoms with van der Waals surface area (Å²) in [5.74, 6) is -0.792. The van der Waals surface area contributed by atoms with Crippen LogP contribution in [0, 0.1) is 5.82 Å². The third-order valence-corrected chi connectivity index (χ3v) is 7.65. The molecule has 1 N–H and O–H groups in total. The maximum Gasteiger partial charge on any atom is 0.416 e. The third-order valence-electron chi connectivity index (χ3n) is 7.65. The van der Waals surface area contributed by atoms with Crippen LogP contribution in [0.2, 0.25) is 0 Å². The molecule has 3 aromatic carbocycles. The highest BCUT2D eigenvalue weighted by molar-refractivity contribution is 5.93. The molecule has 0 radical (unpaired) electrons. The lowest BCUT2D eigenvalue weighted by atomic mass is 10.0. The van der Waals surface area contributed by atoms with Gasteiger partial charge in [0, 0.05) is 61.1 Å². The number of likely N-dealkylation sites (N-methyl/N-ethyl adjacent to an activating group) is 1. The number of benzene rings is 3. The predicted octanol–water partition coefficient (Wildman–Crippen LogP) is 6.16. The number of halogens is 4. The van der Waals surface area contributed by atoms with E-state index in [-0.39, 0.29) is 11.3 Å². The molecule has 7 nitrogen and oxygen atoms in total. The molecule has 0 aliphatic carbocycles. The van der Waals surface area contributed by atoms with Gasteiger partial charge in [-0.2, -0.15) is 13.2 Å². The van der Waals surface area contributed by atoms with Crippen LogP contribution in [0.1, 0.15) is 11.1 Å². The van der Waals surface area contributed by atoms with E-state index in [0.717, 1.165) is 60.3 Å². The van der Waals surface area contributed by atoms with Gasteiger partial charge in [0.2, 0.25) is 5.95 Å². The van der Waals surface area contributed by atoms with E-state index in [0.29, 0.717) is 16.6 Å². The largest absolute Gasteiger partial charge is 0.416 e. The molecule has 220 valence electrons. The van der Waals surface area contributed by atoms with E-state index in [1.807, 2.05) is 30.3 Å². The molecule has 0 atom stereocenters. The van der Waals surface area contributed by atoms with Crippen LogP contribution in [0.3, 0.4) is 0 Å². The summed E-state index contributed by atoms with van der Waals surface area (Å²) in [4.78, 5) is 27.1. The van der Waals surface area contributed by atoms with E-state index in [9.17, 15) is 22.4 Å². The minimum atomic E-state index is -4.79. The minimum Gasteiger partial charge on any atom is -0.369 e. The summed E-state index contributed by atoms with van der Waals surface area (Å²) in [5.41, 5.74) is 1.00. The second-order valence-electron chi connectivity index (χ2n) is 10.5. The Morgan fingerprint density at radius 1 is 0.907 bits per heavy atom. The molecule has 1 aliphatic heterocycles. The van der Waals surface area contributed by atoms with E-state index >= 15 is 0 Å². The van der Waals surface area contributed by atoms with Crippen LogP contribution in [0.5, 0.6) is 0 Å². The van der Waals surface area contributed by atoms with Crippen molar-refractivity contribution in [3.63, 3.8) is 0 Å². The van der Waals surface area contributed by atoms with Crippen LogP contribution in [-0.4, -0.2) is 52.7 Å². The maximum absolute atomic E-state index is 14.7. The number of nitrogens with zero attached hydrogens (tertiary/aromatic N) is 5. The summed E-state index contributed by atoms with van der Waals surface area (Å²) < 4.78 is 56.9. The van der Waals surface area contributed by atoms with Gasteiger partial charge < -0.3 is 19.7 Å². The Kier molecular flexibility index (Phi) is 7.57. The zero-order valence-electron chi connectivity index (χ0n) is 23.3. The molecule has 6 rings (SSSR count). The summed E-state index contributed by atoms with van der Waals surface area (Å²) in [6.07, 6.45) is -2.01. The van der Waals surface area contributed by atoms with Crippen LogP contribution in [0.25, 0.3) is 22.0 Å². The molecule has 1 saturated heterocycles. The van der Waals surface area contributed by atoms with Gasteiger partial charge in [0.15, 0.2) is 0 Å². The van der Waals surface area contributed by atoms with E-state index < -0.39 is 35.2 Å². The van der Waals surface area contributed by atoms with Gasteiger partial charge >= 0.3 is 6.18 Å². The van der Waals surface area contributed by atoms with Crippen molar-refractivity contribution in [1.82, 2.24) is 19.4 Å². The Morgan fingerprint density at radius 3 is 2.33 bits per heavy atom. The Labute approximate surface area is 245 Å². The normalized spacial score (nSPS) is 14.3. The fourth-order valence-corrected chi connectivity index (χ4v) is 5.29. The Hall–Kier alpha value is -4.77. The molecular formula is C32H28F4N6O. The van der Waals surface area contributed by atoms with Crippen LogP contribution >= 0.6 is 0 Å². The van der Waals surface area contributed by atoms with Crippen molar-refractivity contribution in [1.29, 1.82) is 0 Å². The first-order chi connectivity index (χ1) is 20.7. The molecule has 1 aliphatic rings. The van der Waals surface area contributed by atoms with Gasteiger partial charge in [-0.05, 0) is 49.0 Å². The fourth-order valence-electron chi connectivity index (χ4n) is 5.29. The lowest BCUT2D eigenvalue weighted by Crippen LogP contribution is -2.44. The van der Waals surface area contributed by atoms with Crippen molar-refractivity contribution >= 4 is 28.2 Å². The van der Waals surface area contributed by atoms with E-state index in [1.165, 1.54) is 12.4 Å². The molecule has 3 heterocycles. The number of fused-ring (bicyclic) bond motifs is 1. The van der Waals surface area contributed by atoms with Crippen molar-refractivity contribution in [2.24, 2.45) is 0 Å². The van der Waals surface area contributed by atoms with E-state index in [4.69, 9.17) is 0 Å². The highest BCUT2D eigenvalue weighted by atomic mass is 19.4. The predicted molar refractivity (Wildman–Crippen MR) is 159 cm³/mol. The van der Waals surface area contributed by atoms with E-state index in [2.05, 4.69) is 32.1 Å². The number of anilines is 3. The van der Waals surface area contributed by atoms with Crippen LogP contribution in [0.15, 0.2) is 90.0 Å². The SMILES string of the molecule is CN1CCN(c2ccc(Nc3ncc4c(=O)n(Cc5c(F)cccc5C(F)(F)F)cc(-c5ccccc5)c4n3)cc2)CC1. The Balaban J connectivity index is 1.37. The molecule has 2 aromatic heterocycles. The number of pyridine rings is 1. The van der Waals surface area contributed by atoms with Crippen LogP contribution in [-0.2, 0) is 12.7 Å². The highest BCUT2D eigenvalue weighted by Crippen LogP contribution is 2.34. The van der Waals surface area contributed by atoms with Gasteiger partial charge in [-0.3, -0.25) is 4.79 Å². The molecule has 43 heavy (non-hydrogen) atoms. The Bertz CT molecular complexity index is 1820. The number of hydrogen-bond donors (Lipinski definition) is 1. The molecular weight excluding hydrogens is 560 g/mol. The number of alkyl halides is 3. The second kappa shape index (κ2) is 11.5. The zero-order chi connectivity index (χ0) is 30.1. The summed E-state index contributed by atoms with van der Waals surface area (Å²) in [5, 5.41) is 3.28. The Morgan fingerprint density at radius 2 is 1.63 bits per heavy atom. The van der Waals surface area contributed by atoms with Gasteiger partial charge in [0.1, 0.15) is 5.82 Å². The van der Waals surface area contributed by atoms with E-state index in [1.54, 1.807) is 24.3 Å². The van der Waals surface area contributed by atoms with Gasteiger partial charge in [0.05, 0.1) is 23.0 Å². The lowest BCUT2D eigenvalue weighted by Gasteiger charge is -2.34. The molecule has 5 aromatic rings. The van der Waals surface area contributed by atoms with Crippen LogP contribution < -0.4 is 15.8 Å². The topological polar surface area (TPSA) is 66.3 Å². The van der Waals surface area contributed by atoms with Crippen molar-refractivity contribution in [3.8, 4) is 11.1 Å². The first kappa shape index (κ1) is 28.4. The summed E-state index contributed by atoms with van der Waals surface area (Å²) in [6.45, 7) is 3.28. The summed E-state index contributed by atoms with van der Waals surface area (Å²) in [7, 11) is 2.11. The van der Waals surface area contributed by atoms with Crippen molar-refractivity contribution < 1.29 is 17.6 Å². The maximum atomic E-state index is 14.7. The molecule has 0 amide bonds. The van der Waals surface area contributed by atoms with Gasteiger partial charge in [-0.15, -0.1) is 0 Å². The van der Waals surface area contributed by atoms with Crippen molar-refractivity contribution in [2.75, 3.05) is 43.4 Å². The highest BCUT2D eigenvalue weighted by Gasteiger charge is 2.34. The average Bonchev–Trinajstić information content (AvgIpc) is 3.00. The molecule has 1 fully saturated rings. The molecule has 0 unspecified atom stereocenters. The van der Waals surface area contributed by atoms with Crippen molar-refractivity contribution in [2.45, 2.75) is 12.7 Å². The summed E-state index contributed by atoms with van der Waals surface area (Å²) in [6, 6.07) is 19.7. The molecule has 0 spiro atoms. The number of piperazine rings is 1. The first-order valence-electron chi connectivity index (χ1n) is 13.8. The zero-order valence-corrected chi connectivity index (χ0v) is 23.3. The second-order valence-corrected chi connectivity index (χ2v) is 10.5. The number of nitrogens with one attached hydrogen (secondary N) is 1. The smallest absolute Gasteiger partial charge is 0.369 e. The molecule has 11 heteroatoms. The quantitative estimate of drug-likeness (QED) is 0.240. The fraction of sp³-hybridized carbons (Fsp3) is 0.219. The number of rotatable bonds is 6.